The number of aryl methyl sites for hydroxylation is 2. The van der Waals surface area contributed by atoms with E-state index >= 15 is 0 Å². The van der Waals surface area contributed by atoms with Crippen molar-refractivity contribution >= 4 is 16.3 Å². The first-order valence-electron chi connectivity index (χ1n) is 9.15. The highest BCUT2D eigenvalue weighted by Crippen LogP contribution is 2.40. The summed E-state index contributed by atoms with van der Waals surface area (Å²) in [6.07, 6.45) is 0. The van der Waals surface area contributed by atoms with E-state index in [0.717, 1.165) is 42.6 Å². The van der Waals surface area contributed by atoms with Gasteiger partial charge in [0.05, 0.1) is 10.9 Å². The number of benzene rings is 1. The Balaban J connectivity index is 1.77. The van der Waals surface area contributed by atoms with Gasteiger partial charge in [-0.15, -0.1) is 5.10 Å². The SMILES string of the molecule is CCN1CCN(C(c2cccc(C)c2)c2sc3nc(C)nn3c2O)CC1. The molecule has 1 atom stereocenters. The molecule has 0 saturated carbocycles. The van der Waals surface area contributed by atoms with E-state index in [0.29, 0.717) is 5.82 Å². The molecule has 3 heterocycles. The lowest BCUT2D eigenvalue weighted by molar-refractivity contribution is 0.113. The van der Waals surface area contributed by atoms with E-state index < -0.39 is 0 Å². The van der Waals surface area contributed by atoms with Gasteiger partial charge in [-0.05, 0) is 26.0 Å². The zero-order valence-corrected chi connectivity index (χ0v) is 16.3. The smallest absolute Gasteiger partial charge is 0.230 e. The Morgan fingerprint density at radius 1 is 1.19 bits per heavy atom. The van der Waals surface area contributed by atoms with Crippen LogP contribution >= 0.6 is 11.3 Å². The van der Waals surface area contributed by atoms with Crippen LogP contribution in [-0.4, -0.2) is 62.2 Å². The average Bonchev–Trinajstić information content (AvgIpc) is 3.14. The summed E-state index contributed by atoms with van der Waals surface area (Å²) >= 11 is 1.54. The summed E-state index contributed by atoms with van der Waals surface area (Å²) in [5, 5.41) is 15.2. The first-order valence-corrected chi connectivity index (χ1v) is 9.96. The molecular weight excluding hydrogens is 346 g/mol. The maximum atomic E-state index is 10.9. The van der Waals surface area contributed by atoms with Crippen molar-refractivity contribution in [2.45, 2.75) is 26.8 Å². The molecule has 0 radical (unpaired) electrons. The second-order valence-corrected chi connectivity index (χ2v) is 7.94. The summed E-state index contributed by atoms with van der Waals surface area (Å²) in [6.45, 7) is 11.3. The molecule has 26 heavy (non-hydrogen) atoms. The zero-order valence-electron chi connectivity index (χ0n) is 15.5. The maximum absolute atomic E-state index is 10.9. The number of likely N-dealkylation sites (N-methyl/N-ethyl adjacent to an activating group) is 1. The highest BCUT2D eigenvalue weighted by molar-refractivity contribution is 7.17. The summed E-state index contributed by atoms with van der Waals surface area (Å²) in [4.78, 5) is 11.1. The lowest BCUT2D eigenvalue weighted by Gasteiger charge is -2.38. The average molecular weight is 372 g/mol. The van der Waals surface area contributed by atoms with Crippen molar-refractivity contribution in [3.05, 3.63) is 46.1 Å². The van der Waals surface area contributed by atoms with Crippen LogP contribution in [0.3, 0.4) is 0 Å². The molecule has 0 bridgehead atoms. The number of nitrogens with zero attached hydrogens (tertiary/aromatic N) is 5. The molecule has 1 N–H and O–H groups in total. The van der Waals surface area contributed by atoms with Gasteiger partial charge in [-0.1, -0.05) is 48.1 Å². The molecule has 2 aromatic heterocycles. The molecule has 1 fully saturated rings. The fraction of sp³-hybridized carbons (Fsp3) is 0.474. The van der Waals surface area contributed by atoms with Crippen LogP contribution in [0.2, 0.25) is 0 Å². The van der Waals surface area contributed by atoms with E-state index in [2.05, 4.69) is 58.0 Å². The van der Waals surface area contributed by atoms with Crippen LogP contribution < -0.4 is 0 Å². The number of aromatic nitrogens is 3. The summed E-state index contributed by atoms with van der Waals surface area (Å²) in [6, 6.07) is 8.62. The Bertz CT molecular complexity index is 910. The summed E-state index contributed by atoms with van der Waals surface area (Å²) in [7, 11) is 0. The topological polar surface area (TPSA) is 56.9 Å². The number of thiazole rings is 1. The van der Waals surface area contributed by atoms with Gasteiger partial charge in [0, 0.05) is 26.2 Å². The van der Waals surface area contributed by atoms with Gasteiger partial charge in [-0.3, -0.25) is 4.90 Å². The fourth-order valence-corrected chi connectivity index (χ4v) is 4.89. The third-order valence-corrected chi connectivity index (χ3v) is 6.20. The number of hydrogen-bond donors (Lipinski definition) is 1. The van der Waals surface area contributed by atoms with E-state index in [9.17, 15) is 5.11 Å². The Labute approximate surface area is 157 Å². The minimum atomic E-state index is 0.0303. The largest absolute Gasteiger partial charge is 0.492 e. The lowest BCUT2D eigenvalue weighted by atomic mass is 10.0. The third kappa shape index (κ3) is 3.11. The molecular formula is C19H25N5OS. The van der Waals surface area contributed by atoms with Gasteiger partial charge in [0.2, 0.25) is 10.8 Å². The molecule has 3 aromatic rings. The first kappa shape index (κ1) is 17.5. The quantitative estimate of drug-likeness (QED) is 0.764. The van der Waals surface area contributed by atoms with Gasteiger partial charge >= 0.3 is 0 Å². The highest BCUT2D eigenvalue weighted by atomic mass is 32.1. The fourth-order valence-electron chi connectivity index (χ4n) is 3.73. The Kier molecular flexibility index (Phi) is 4.69. The molecule has 1 unspecified atom stereocenters. The van der Waals surface area contributed by atoms with Gasteiger partial charge in [0.25, 0.3) is 0 Å². The minimum Gasteiger partial charge on any atom is -0.492 e. The zero-order chi connectivity index (χ0) is 18.3. The molecule has 0 spiro atoms. The van der Waals surface area contributed by atoms with E-state index in [1.165, 1.54) is 22.5 Å². The number of aromatic hydroxyl groups is 1. The highest BCUT2D eigenvalue weighted by Gasteiger charge is 2.31. The van der Waals surface area contributed by atoms with Crippen LogP contribution in [0.15, 0.2) is 24.3 Å². The Hall–Kier alpha value is -1.96. The molecule has 1 aromatic carbocycles. The van der Waals surface area contributed by atoms with Crippen molar-refractivity contribution in [3.63, 3.8) is 0 Å². The summed E-state index contributed by atoms with van der Waals surface area (Å²) < 4.78 is 1.57. The Morgan fingerprint density at radius 3 is 2.62 bits per heavy atom. The van der Waals surface area contributed by atoms with Gasteiger partial charge in [0.15, 0.2) is 0 Å². The molecule has 6 nitrogen and oxygen atoms in total. The van der Waals surface area contributed by atoms with E-state index in [1.807, 2.05) is 6.92 Å². The van der Waals surface area contributed by atoms with Crippen LogP contribution in [0, 0.1) is 13.8 Å². The van der Waals surface area contributed by atoms with Crippen molar-refractivity contribution in [2.75, 3.05) is 32.7 Å². The van der Waals surface area contributed by atoms with Crippen LogP contribution in [0.25, 0.3) is 4.96 Å². The van der Waals surface area contributed by atoms with Gasteiger partial charge in [-0.25, -0.2) is 4.98 Å². The lowest BCUT2D eigenvalue weighted by Crippen LogP contribution is -2.47. The summed E-state index contributed by atoms with van der Waals surface area (Å²) in [5.74, 6) is 0.900. The monoisotopic (exact) mass is 371 g/mol. The van der Waals surface area contributed by atoms with E-state index in [1.54, 1.807) is 4.52 Å². The molecule has 4 rings (SSSR count). The molecule has 1 aliphatic heterocycles. The van der Waals surface area contributed by atoms with Gasteiger partial charge in [-0.2, -0.15) is 4.52 Å². The molecule has 0 aliphatic carbocycles. The second-order valence-electron chi connectivity index (χ2n) is 6.93. The number of fused-ring (bicyclic) bond motifs is 1. The van der Waals surface area contributed by atoms with E-state index in [4.69, 9.17) is 0 Å². The van der Waals surface area contributed by atoms with E-state index in [-0.39, 0.29) is 11.9 Å². The van der Waals surface area contributed by atoms with Gasteiger partial charge in [0.1, 0.15) is 5.82 Å². The standard InChI is InChI=1S/C19H25N5OS/c1-4-22-8-10-23(11-9-22)16(15-7-5-6-13(2)12-15)17-18(25)24-19(26-17)20-14(3)21-24/h5-7,12,16,25H,4,8-11H2,1-3H3. The van der Waals surface area contributed by atoms with Crippen molar-refractivity contribution in [3.8, 4) is 5.88 Å². The van der Waals surface area contributed by atoms with Crippen LogP contribution in [0.5, 0.6) is 5.88 Å². The number of hydrogen-bond acceptors (Lipinski definition) is 6. The minimum absolute atomic E-state index is 0.0303. The molecule has 1 aliphatic rings. The van der Waals surface area contributed by atoms with Crippen molar-refractivity contribution in [2.24, 2.45) is 0 Å². The van der Waals surface area contributed by atoms with Crippen molar-refractivity contribution < 1.29 is 5.11 Å². The normalized spacial score (nSPS) is 17.8. The predicted octanol–water partition coefficient (Wildman–Crippen LogP) is 2.84. The third-order valence-electron chi connectivity index (χ3n) is 5.13. The predicted molar refractivity (Wildman–Crippen MR) is 104 cm³/mol. The van der Waals surface area contributed by atoms with Crippen LogP contribution in [0.4, 0.5) is 0 Å². The Morgan fingerprint density at radius 2 is 1.96 bits per heavy atom. The van der Waals surface area contributed by atoms with Crippen LogP contribution in [-0.2, 0) is 0 Å². The molecule has 0 amide bonds. The maximum Gasteiger partial charge on any atom is 0.230 e. The van der Waals surface area contributed by atoms with Crippen molar-refractivity contribution in [1.29, 1.82) is 0 Å². The number of piperazine rings is 1. The van der Waals surface area contributed by atoms with Gasteiger partial charge < -0.3 is 10.0 Å². The molecule has 1 saturated heterocycles. The number of rotatable bonds is 4. The molecule has 138 valence electrons. The first-order chi connectivity index (χ1) is 12.6. The van der Waals surface area contributed by atoms with Crippen LogP contribution in [0.1, 0.15) is 34.8 Å². The molecule has 7 heteroatoms. The summed E-state index contributed by atoms with van der Waals surface area (Å²) in [5.41, 5.74) is 2.45. The van der Waals surface area contributed by atoms with Crippen molar-refractivity contribution in [1.82, 2.24) is 24.4 Å². The second kappa shape index (κ2) is 6.98.